The van der Waals surface area contributed by atoms with Gasteiger partial charge in [-0.25, -0.2) is 0 Å². The van der Waals surface area contributed by atoms with Crippen molar-refractivity contribution in [3.8, 4) is 0 Å². The van der Waals surface area contributed by atoms with Crippen LogP contribution in [-0.2, 0) is 0 Å². The molecule has 0 fully saturated rings. The van der Waals surface area contributed by atoms with Gasteiger partial charge in [0.05, 0.1) is 10.7 Å². The van der Waals surface area contributed by atoms with Gasteiger partial charge in [0.1, 0.15) is 0 Å². The van der Waals surface area contributed by atoms with E-state index in [9.17, 15) is 9.59 Å². The molecule has 0 heterocycles. The van der Waals surface area contributed by atoms with Crippen LogP contribution < -0.4 is 10.6 Å². The summed E-state index contributed by atoms with van der Waals surface area (Å²) in [6.45, 7) is 1.96. The minimum atomic E-state index is -0.301. The van der Waals surface area contributed by atoms with Crippen LogP contribution in [0.1, 0.15) is 26.3 Å². The van der Waals surface area contributed by atoms with Crippen LogP contribution in [0.25, 0.3) is 0 Å². The van der Waals surface area contributed by atoms with Gasteiger partial charge in [0.2, 0.25) is 0 Å². The summed E-state index contributed by atoms with van der Waals surface area (Å²) in [5.74, 6) is -0.529. The van der Waals surface area contributed by atoms with Gasteiger partial charge in [-0.1, -0.05) is 47.5 Å². The number of para-hydroxylation sites is 1. The Hall–Kier alpha value is -3.11. The van der Waals surface area contributed by atoms with Crippen molar-refractivity contribution in [3.63, 3.8) is 0 Å². The molecule has 0 aliphatic carbocycles. The molecule has 3 aromatic carbocycles. The van der Waals surface area contributed by atoms with E-state index in [-0.39, 0.29) is 11.8 Å². The molecule has 0 aliphatic rings. The molecule has 0 unspecified atom stereocenters. The zero-order chi connectivity index (χ0) is 18.5. The molecule has 0 radical (unpaired) electrons. The quantitative estimate of drug-likeness (QED) is 0.672. The fourth-order valence-electron chi connectivity index (χ4n) is 2.40. The van der Waals surface area contributed by atoms with Gasteiger partial charge in [-0.2, -0.15) is 0 Å². The van der Waals surface area contributed by atoms with Gasteiger partial charge in [0.15, 0.2) is 0 Å². The third kappa shape index (κ3) is 4.29. The van der Waals surface area contributed by atoms with Crippen molar-refractivity contribution in [1.29, 1.82) is 0 Å². The maximum atomic E-state index is 12.4. The van der Waals surface area contributed by atoms with E-state index in [2.05, 4.69) is 10.6 Å². The normalized spacial score (nSPS) is 10.2. The Morgan fingerprint density at radius 1 is 0.769 bits per heavy atom. The number of carbonyl (C=O) groups is 2. The fourth-order valence-corrected chi connectivity index (χ4v) is 2.59. The molecule has 130 valence electrons. The van der Waals surface area contributed by atoms with Crippen LogP contribution in [0.3, 0.4) is 0 Å². The summed E-state index contributed by atoms with van der Waals surface area (Å²) in [6, 6.07) is 21.0. The van der Waals surface area contributed by atoms with Crippen molar-refractivity contribution in [2.45, 2.75) is 6.92 Å². The third-order valence-corrected chi connectivity index (χ3v) is 4.15. The van der Waals surface area contributed by atoms with Crippen molar-refractivity contribution >= 4 is 34.8 Å². The zero-order valence-corrected chi connectivity index (χ0v) is 14.9. The molecular formula is C21H17ClN2O2. The average molecular weight is 365 g/mol. The number of benzene rings is 3. The van der Waals surface area contributed by atoms with Gasteiger partial charge in [0.25, 0.3) is 11.8 Å². The van der Waals surface area contributed by atoms with Gasteiger partial charge < -0.3 is 10.6 Å². The Kier molecular flexibility index (Phi) is 5.34. The SMILES string of the molecule is Cc1ccc(C(=O)Nc2cccc(C(=O)Nc3ccccc3Cl)c2)cc1. The minimum absolute atomic E-state index is 0.228. The predicted molar refractivity (Wildman–Crippen MR) is 105 cm³/mol. The molecule has 2 amide bonds. The monoisotopic (exact) mass is 364 g/mol. The molecule has 0 bridgehead atoms. The zero-order valence-electron chi connectivity index (χ0n) is 14.1. The predicted octanol–water partition coefficient (Wildman–Crippen LogP) is 5.15. The summed E-state index contributed by atoms with van der Waals surface area (Å²) in [7, 11) is 0. The van der Waals surface area contributed by atoms with Crippen molar-refractivity contribution in [2.75, 3.05) is 10.6 Å². The van der Waals surface area contributed by atoms with Gasteiger partial charge in [-0.15, -0.1) is 0 Å². The molecule has 2 N–H and O–H groups in total. The van der Waals surface area contributed by atoms with Crippen LogP contribution in [0.2, 0.25) is 5.02 Å². The Morgan fingerprint density at radius 2 is 1.46 bits per heavy atom. The molecule has 0 saturated heterocycles. The average Bonchev–Trinajstić information content (AvgIpc) is 2.64. The summed E-state index contributed by atoms with van der Waals surface area (Å²) in [4.78, 5) is 24.7. The number of amides is 2. The molecule has 26 heavy (non-hydrogen) atoms. The number of halogens is 1. The van der Waals surface area contributed by atoms with Crippen molar-refractivity contribution in [2.24, 2.45) is 0 Å². The molecule has 0 saturated carbocycles. The number of aryl methyl sites for hydroxylation is 1. The number of carbonyl (C=O) groups excluding carboxylic acids is 2. The van der Waals surface area contributed by atoms with Crippen LogP contribution in [0, 0.1) is 6.92 Å². The summed E-state index contributed by atoms with van der Waals surface area (Å²) < 4.78 is 0. The Bertz CT molecular complexity index is 952. The molecule has 5 heteroatoms. The van der Waals surface area contributed by atoms with E-state index < -0.39 is 0 Å². The molecular weight excluding hydrogens is 348 g/mol. The smallest absolute Gasteiger partial charge is 0.255 e. The first-order chi connectivity index (χ1) is 12.5. The number of hydrogen-bond acceptors (Lipinski definition) is 2. The number of nitrogens with one attached hydrogen (secondary N) is 2. The van der Waals surface area contributed by atoms with Gasteiger partial charge >= 0.3 is 0 Å². The van der Waals surface area contributed by atoms with Crippen LogP contribution in [0.4, 0.5) is 11.4 Å². The Balaban J connectivity index is 1.73. The summed E-state index contributed by atoms with van der Waals surface area (Å²) in [6.07, 6.45) is 0. The van der Waals surface area contributed by atoms with Gasteiger partial charge in [0, 0.05) is 16.8 Å². The highest BCUT2D eigenvalue weighted by Crippen LogP contribution is 2.22. The largest absolute Gasteiger partial charge is 0.322 e. The molecule has 0 aliphatic heterocycles. The highest BCUT2D eigenvalue weighted by molar-refractivity contribution is 6.33. The fraction of sp³-hybridized carbons (Fsp3) is 0.0476. The van der Waals surface area contributed by atoms with Crippen molar-refractivity contribution < 1.29 is 9.59 Å². The Morgan fingerprint density at radius 3 is 2.19 bits per heavy atom. The maximum Gasteiger partial charge on any atom is 0.255 e. The first-order valence-corrected chi connectivity index (χ1v) is 8.45. The lowest BCUT2D eigenvalue weighted by Gasteiger charge is -2.09. The molecule has 3 rings (SSSR count). The minimum Gasteiger partial charge on any atom is -0.322 e. The lowest BCUT2D eigenvalue weighted by atomic mass is 10.1. The van der Waals surface area contributed by atoms with E-state index in [0.717, 1.165) is 5.56 Å². The highest BCUT2D eigenvalue weighted by Gasteiger charge is 2.11. The second-order valence-corrected chi connectivity index (χ2v) is 6.24. The molecule has 0 aromatic heterocycles. The lowest BCUT2D eigenvalue weighted by Crippen LogP contribution is -2.14. The molecule has 0 spiro atoms. The standard InChI is InChI=1S/C21H17ClN2O2/c1-14-9-11-15(12-10-14)20(25)23-17-6-4-5-16(13-17)21(26)24-19-8-3-2-7-18(19)22/h2-13H,1H3,(H,23,25)(H,24,26). The third-order valence-electron chi connectivity index (χ3n) is 3.82. The van der Waals surface area contributed by atoms with E-state index in [0.29, 0.717) is 27.5 Å². The van der Waals surface area contributed by atoms with Crippen molar-refractivity contribution in [1.82, 2.24) is 0 Å². The van der Waals surface area contributed by atoms with Gasteiger partial charge in [-0.05, 0) is 49.4 Å². The van der Waals surface area contributed by atoms with Crippen LogP contribution in [0.5, 0.6) is 0 Å². The first-order valence-electron chi connectivity index (χ1n) is 8.07. The van der Waals surface area contributed by atoms with E-state index >= 15 is 0 Å². The van der Waals surface area contributed by atoms with Crippen LogP contribution >= 0.6 is 11.6 Å². The second-order valence-electron chi connectivity index (χ2n) is 5.83. The summed E-state index contributed by atoms with van der Waals surface area (Å²) >= 11 is 6.06. The highest BCUT2D eigenvalue weighted by atomic mass is 35.5. The van der Waals surface area contributed by atoms with E-state index in [1.165, 1.54) is 0 Å². The van der Waals surface area contributed by atoms with E-state index in [1.807, 2.05) is 19.1 Å². The first kappa shape index (κ1) is 17.7. The number of anilines is 2. The second kappa shape index (κ2) is 7.85. The Labute approximate surface area is 156 Å². The van der Waals surface area contributed by atoms with Crippen LogP contribution in [-0.4, -0.2) is 11.8 Å². The molecule has 3 aromatic rings. The lowest BCUT2D eigenvalue weighted by molar-refractivity contribution is 0.101. The van der Waals surface area contributed by atoms with Gasteiger partial charge in [-0.3, -0.25) is 9.59 Å². The number of hydrogen-bond donors (Lipinski definition) is 2. The maximum absolute atomic E-state index is 12.4. The topological polar surface area (TPSA) is 58.2 Å². The van der Waals surface area contributed by atoms with Crippen LogP contribution in [0.15, 0.2) is 72.8 Å². The van der Waals surface area contributed by atoms with E-state index in [4.69, 9.17) is 11.6 Å². The number of rotatable bonds is 4. The molecule has 0 atom stereocenters. The molecule has 4 nitrogen and oxygen atoms in total. The summed E-state index contributed by atoms with van der Waals surface area (Å²) in [5.41, 5.74) is 3.14. The van der Waals surface area contributed by atoms with E-state index in [1.54, 1.807) is 60.7 Å². The summed E-state index contributed by atoms with van der Waals surface area (Å²) in [5, 5.41) is 6.03. The van der Waals surface area contributed by atoms with Crippen molar-refractivity contribution in [3.05, 3.63) is 94.5 Å².